The summed E-state index contributed by atoms with van der Waals surface area (Å²) in [7, 11) is 0. The van der Waals surface area contributed by atoms with Gasteiger partial charge in [-0.05, 0) is 19.3 Å². The molecule has 1 fully saturated rings. The van der Waals surface area contributed by atoms with Crippen LogP contribution < -0.4 is 16.2 Å². The summed E-state index contributed by atoms with van der Waals surface area (Å²) < 4.78 is 38.8. The fourth-order valence-corrected chi connectivity index (χ4v) is 3.20. The van der Waals surface area contributed by atoms with Crippen molar-refractivity contribution in [2.24, 2.45) is 0 Å². The highest BCUT2D eigenvalue weighted by atomic mass is 19.4. The van der Waals surface area contributed by atoms with E-state index in [0.29, 0.717) is 34.7 Å². The van der Waals surface area contributed by atoms with Crippen LogP contribution in [0.4, 0.5) is 24.5 Å². The largest absolute Gasteiger partial charge is 0.416 e. The molecule has 0 bridgehead atoms. The number of benzene rings is 1. The van der Waals surface area contributed by atoms with E-state index in [1.165, 1.54) is 0 Å². The molecule has 1 aromatic heterocycles. The number of aliphatic hydroxyl groups excluding tert-OH is 1. The van der Waals surface area contributed by atoms with Gasteiger partial charge in [0.25, 0.3) is 5.56 Å². The fourth-order valence-electron chi connectivity index (χ4n) is 3.20. The van der Waals surface area contributed by atoms with Crippen LogP contribution in [0.3, 0.4) is 0 Å². The van der Waals surface area contributed by atoms with E-state index in [1.54, 1.807) is 30.3 Å². The van der Waals surface area contributed by atoms with Crippen LogP contribution in [0.15, 0.2) is 35.1 Å². The molecule has 3 rings (SSSR count). The summed E-state index contributed by atoms with van der Waals surface area (Å²) in [6.07, 6.45) is -4.62. The zero-order valence-corrected chi connectivity index (χ0v) is 14.6. The topological polar surface area (TPSA) is 84.4 Å². The van der Waals surface area contributed by atoms with E-state index in [-0.39, 0.29) is 5.69 Å². The third-order valence-electron chi connectivity index (χ3n) is 4.61. The molecule has 1 unspecified atom stereocenters. The zero-order valence-electron chi connectivity index (χ0n) is 14.6. The van der Waals surface area contributed by atoms with Crippen molar-refractivity contribution >= 4 is 11.4 Å². The van der Waals surface area contributed by atoms with Crippen LogP contribution in [0, 0.1) is 0 Å². The van der Waals surface area contributed by atoms with Crippen molar-refractivity contribution < 1.29 is 18.3 Å². The number of anilines is 2. The summed E-state index contributed by atoms with van der Waals surface area (Å²) in [5.74, 6) is 0. The van der Waals surface area contributed by atoms with Crippen molar-refractivity contribution in [3.63, 3.8) is 0 Å². The monoisotopic (exact) mass is 382 g/mol. The van der Waals surface area contributed by atoms with Crippen molar-refractivity contribution in [2.75, 3.05) is 23.7 Å². The first-order valence-electron chi connectivity index (χ1n) is 8.75. The average molecular weight is 382 g/mol. The summed E-state index contributed by atoms with van der Waals surface area (Å²) in [4.78, 5) is 14.5. The van der Waals surface area contributed by atoms with Crippen molar-refractivity contribution in [3.8, 4) is 11.3 Å². The highest BCUT2D eigenvalue weighted by Crippen LogP contribution is 2.34. The van der Waals surface area contributed by atoms with Gasteiger partial charge >= 0.3 is 6.18 Å². The maximum Gasteiger partial charge on any atom is 0.416 e. The quantitative estimate of drug-likeness (QED) is 0.848. The van der Waals surface area contributed by atoms with E-state index in [2.05, 4.69) is 5.10 Å². The second-order valence-corrected chi connectivity index (χ2v) is 6.57. The lowest BCUT2D eigenvalue weighted by Gasteiger charge is -2.31. The maximum absolute atomic E-state index is 12.7. The van der Waals surface area contributed by atoms with Gasteiger partial charge in [0.1, 0.15) is 11.4 Å². The van der Waals surface area contributed by atoms with Gasteiger partial charge in [-0.1, -0.05) is 30.3 Å². The predicted molar refractivity (Wildman–Crippen MR) is 96.5 cm³/mol. The number of aromatic nitrogens is 2. The van der Waals surface area contributed by atoms with E-state index in [0.717, 1.165) is 19.3 Å². The van der Waals surface area contributed by atoms with E-state index in [1.807, 2.05) is 4.90 Å². The summed E-state index contributed by atoms with van der Waals surface area (Å²) in [6.45, 7) is 0.382. The average Bonchev–Trinajstić information content (AvgIpc) is 2.66. The Morgan fingerprint density at radius 3 is 2.37 bits per heavy atom. The Labute approximate surface area is 154 Å². The number of nitrogens with zero attached hydrogens (tertiary/aromatic N) is 3. The van der Waals surface area contributed by atoms with Gasteiger partial charge < -0.3 is 15.7 Å². The first kappa shape index (κ1) is 19.2. The SMILES string of the molecule is Nc1c(N2CCCCC2)c(-c2ccccc2)nn(CC(O)C(F)(F)F)c1=O. The molecule has 0 saturated carbocycles. The van der Waals surface area contributed by atoms with Crippen LogP contribution in [0.2, 0.25) is 0 Å². The Kier molecular flexibility index (Phi) is 5.41. The van der Waals surface area contributed by atoms with Crippen molar-refractivity contribution in [1.82, 2.24) is 9.78 Å². The van der Waals surface area contributed by atoms with Gasteiger partial charge in [0, 0.05) is 18.7 Å². The van der Waals surface area contributed by atoms with Crippen molar-refractivity contribution in [1.29, 1.82) is 0 Å². The van der Waals surface area contributed by atoms with Gasteiger partial charge in [-0.15, -0.1) is 0 Å². The number of hydrogen-bond donors (Lipinski definition) is 2. The number of piperidine rings is 1. The Bertz CT molecular complexity index is 846. The predicted octanol–water partition coefficient (Wildman–Crippen LogP) is 2.41. The normalized spacial score (nSPS) is 16.4. The van der Waals surface area contributed by atoms with Gasteiger partial charge in [0.2, 0.25) is 0 Å². The summed E-state index contributed by atoms with van der Waals surface area (Å²) in [6, 6.07) is 8.85. The molecule has 1 saturated heterocycles. The lowest BCUT2D eigenvalue weighted by atomic mass is 10.1. The molecule has 0 aliphatic carbocycles. The third kappa shape index (κ3) is 4.08. The van der Waals surface area contributed by atoms with Gasteiger partial charge in [0.15, 0.2) is 6.10 Å². The number of alkyl halides is 3. The second kappa shape index (κ2) is 7.59. The highest BCUT2D eigenvalue weighted by Gasteiger charge is 2.39. The standard InChI is InChI=1S/C18H21F3N4O2/c19-18(20,21)13(26)11-25-17(27)14(22)16(24-9-5-2-6-10-24)15(23-25)12-7-3-1-4-8-12/h1,3-4,7-8,13,26H,2,5-6,9-11,22H2. The molecule has 0 amide bonds. The number of rotatable bonds is 4. The third-order valence-corrected chi connectivity index (χ3v) is 4.61. The molecule has 0 spiro atoms. The summed E-state index contributed by atoms with van der Waals surface area (Å²) in [5, 5.41) is 13.5. The van der Waals surface area contributed by atoms with Gasteiger partial charge in [-0.2, -0.15) is 18.3 Å². The molecular weight excluding hydrogens is 361 g/mol. The minimum absolute atomic E-state index is 0.153. The minimum atomic E-state index is -4.85. The van der Waals surface area contributed by atoms with Crippen LogP contribution in [0.1, 0.15) is 19.3 Å². The molecule has 27 heavy (non-hydrogen) atoms. The smallest absolute Gasteiger partial charge is 0.392 e. The molecule has 1 aliphatic rings. The molecule has 1 atom stereocenters. The molecule has 0 radical (unpaired) electrons. The Morgan fingerprint density at radius 1 is 1.15 bits per heavy atom. The first-order chi connectivity index (χ1) is 12.8. The Morgan fingerprint density at radius 2 is 1.78 bits per heavy atom. The van der Waals surface area contributed by atoms with Gasteiger partial charge in [-0.3, -0.25) is 4.79 Å². The lowest BCUT2D eigenvalue weighted by molar-refractivity contribution is -0.208. The molecule has 9 heteroatoms. The fraction of sp³-hybridized carbons (Fsp3) is 0.444. The molecule has 6 nitrogen and oxygen atoms in total. The van der Waals surface area contributed by atoms with E-state index >= 15 is 0 Å². The molecule has 1 aliphatic heterocycles. The van der Waals surface area contributed by atoms with E-state index < -0.39 is 24.4 Å². The Balaban J connectivity index is 2.13. The number of nitrogens with two attached hydrogens (primary N) is 1. The van der Waals surface area contributed by atoms with Crippen LogP contribution in [0.25, 0.3) is 11.3 Å². The van der Waals surface area contributed by atoms with Crippen LogP contribution >= 0.6 is 0 Å². The van der Waals surface area contributed by atoms with Gasteiger partial charge in [0.05, 0.1) is 12.2 Å². The van der Waals surface area contributed by atoms with Crippen molar-refractivity contribution in [3.05, 3.63) is 40.7 Å². The van der Waals surface area contributed by atoms with Crippen LogP contribution in [-0.4, -0.2) is 40.3 Å². The number of nitrogen functional groups attached to an aromatic ring is 1. The van der Waals surface area contributed by atoms with E-state index in [9.17, 15) is 23.1 Å². The maximum atomic E-state index is 12.7. The van der Waals surface area contributed by atoms with Gasteiger partial charge in [-0.25, -0.2) is 4.68 Å². The van der Waals surface area contributed by atoms with Crippen LogP contribution in [-0.2, 0) is 6.54 Å². The molecular formula is C18H21F3N4O2. The molecule has 2 heterocycles. The molecule has 3 N–H and O–H groups in total. The van der Waals surface area contributed by atoms with E-state index in [4.69, 9.17) is 5.73 Å². The number of hydrogen-bond acceptors (Lipinski definition) is 5. The zero-order chi connectivity index (χ0) is 19.6. The Hall–Kier alpha value is -2.55. The summed E-state index contributed by atoms with van der Waals surface area (Å²) in [5.41, 5.74) is 6.50. The number of halogens is 3. The second-order valence-electron chi connectivity index (χ2n) is 6.57. The number of aliphatic hydroxyl groups is 1. The molecule has 146 valence electrons. The lowest BCUT2D eigenvalue weighted by Crippen LogP contribution is -2.40. The first-order valence-corrected chi connectivity index (χ1v) is 8.75. The van der Waals surface area contributed by atoms with Crippen LogP contribution in [0.5, 0.6) is 0 Å². The molecule has 2 aromatic rings. The molecule has 1 aromatic carbocycles. The highest BCUT2D eigenvalue weighted by molar-refractivity contribution is 5.83. The van der Waals surface area contributed by atoms with Crippen molar-refractivity contribution in [2.45, 2.75) is 38.1 Å². The minimum Gasteiger partial charge on any atom is -0.392 e. The summed E-state index contributed by atoms with van der Waals surface area (Å²) >= 11 is 0.